The van der Waals surface area contributed by atoms with Gasteiger partial charge in [0.1, 0.15) is 66.7 Å². The number of fused-ring (bicyclic) bond motifs is 3. The number of sulfonamides is 3. The number of furan rings is 1. The number of piperazine rings is 3. The zero-order valence-electron chi connectivity index (χ0n) is 57.5. The lowest BCUT2D eigenvalue weighted by atomic mass is 10.00. The quantitative estimate of drug-likeness (QED) is 0.0718. The van der Waals surface area contributed by atoms with E-state index in [0.717, 1.165) is 114 Å². The number of hydrogen-bond acceptors (Lipinski definition) is 22. The Morgan fingerprint density at radius 3 is 1.75 bits per heavy atom. The van der Waals surface area contributed by atoms with Crippen LogP contribution in [0.15, 0.2) is 214 Å². The Bertz CT molecular complexity index is 5330. The van der Waals surface area contributed by atoms with Crippen LogP contribution in [-0.2, 0) is 57.4 Å². The lowest BCUT2D eigenvalue weighted by molar-refractivity contribution is -0.137. The van der Waals surface area contributed by atoms with Gasteiger partial charge in [0.05, 0.1) is 32.3 Å². The molecule has 3 saturated heterocycles. The van der Waals surface area contributed by atoms with Crippen molar-refractivity contribution in [2.75, 3.05) is 112 Å². The third kappa shape index (κ3) is 17.0. The van der Waals surface area contributed by atoms with Gasteiger partial charge >= 0.3 is 0 Å². The van der Waals surface area contributed by atoms with Gasteiger partial charge in [0, 0.05) is 146 Å². The number of nitrogens with zero attached hydrogens (tertiary/aromatic N) is 15. The molecular formula is C73H81ClN18O10S4. The van der Waals surface area contributed by atoms with Gasteiger partial charge in [-0.05, 0) is 154 Å². The minimum Gasteiger partial charge on any atom is -0.460 e. The van der Waals surface area contributed by atoms with Crippen LogP contribution in [0.5, 0.6) is 0 Å². The first-order valence-electron chi connectivity index (χ1n) is 34.0. The fourth-order valence-electron chi connectivity index (χ4n) is 13.2. The summed E-state index contributed by atoms with van der Waals surface area (Å²) in [6.07, 6.45) is 10.4. The van der Waals surface area contributed by atoms with Crippen LogP contribution in [0.1, 0.15) is 48.9 Å². The number of aryl methyl sites for hydroxylation is 1. The molecule has 0 radical (unpaired) electrons. The highest BCUT2D eigenvalue weighted by Gasteiger charge is 2.35. The van der Waals surface area contributed by atoms with Crippen LogP contribution >= 0.6 is 23.1 Å². The van der Waals surface area contributed by atoms with Crippen molar-refractivity contribution in [3.63, 3.8) is 0 Å². The maximum Gasteiger partial charge on any atom is 0.263 e. The molecule has 1 unspecified atom stereocenters. The molecule has 9 heterocycles. The second kappa shape index (κ2) is 32.1. The first-order valence-corrected chi connectivity index (χ1v) is 39.6. The Morgan fingerprint density at radius 1 is 0.613 bits per heavy atom. The Morgan fingerprint density at radius 2 is 1.18 bits per heavy atom. The van der Waals surface area contributed by atoms with E-state index in [1.807, 2.05) is 96.1 Å². The smallest absolute Gasteiger partial charge is 0.263 e. The van der Waals surface area contributed by atoms with Crippen LogP contribution in [0.2, 0.25) is 5.02 Å². The van der Waals surface area contributed by atoms with Crippen LogP contribution < -0.4 is 33.8 Å². The van der Waals surface area contributed by atoms with Crippen molar-refractivity contribution in [1.29, 1.82) is 5.26 Å². The number of para-hydroxylation sites is 2. The molecule has 33 heteroatoms. The molecule has 0 aliphatic carbocycles. The number of nitriles is 1. The van der Waals surface area contributed by atoms with Crippen LogP contribution in [0.25, 0.3) is 21.9 Å². The standard InChI is InChI=1S/C26H25N7O3S.C24H25ClN6O4S2.C23H23N5O3S.4H2/c1-19(33-17-20(16-27)23-4-2-3-5-24(23)33)26(34)32-14-12-31(13-15-32)21-6-8-22(9-7-21)37(35,36)30-25-10-11-28-18-29-25;1-16(30-10-2-3-17-13-18(25)4-9-21(17)30)23(33)29-11-12-31(22(32)14-29)19-5-7-20(8-6-19)37(34,35)28-24-26-15-27-36-24;29-32(30,26-23-9-10-24-17-25-23)21-7-5-19(6-8-21)28-13-11-27(12-14-28)16-20-15-18-3-1-2-4-22(18)31-20;;;;/h2-11,17-19H,12-15H2,1H3,(H,28,29,30);4-9,13,15-16H,2-3,10-12,14H2,1H3,(H,26,27,28);1-10,15,17H,11-14,16H2,(H,24,25,26);4*1H/t;16-;;;;;/m.1...../s1. The molecule has 6 aromatic carbocycles. The van der Waals surface area contributed by atoms with Crippen molar-refractivity contribution >= 4 is 132 Å². The fraction of sp³-hybridized carbons (Fsp3) is 0.260. The number of carbonyl (C=O) groups is 3. The summed E-state index contributed by atoms with van der Waals surface area (Å²) in [7, 11) is -11.3. The average molecular weight is 1530 g/mol. The molecule has 4 aliphatic heterocycles. The van der Waals surface area contributed by atoms with Crippen molar-refractivity contribution in [2.45, 2.75) is 60.0 Å². The zero-order valence-corrected chi connectivity index (χ0v) is 61.6. The van der Waals surface area contributed by atoms with E-state index in [0.29, 0.717) is 55.5 Å². The largest absolute Gasteiger partial charge is 0.460 e. The van der Waals surface area contributed by atoms with Gasteiger partial charge in [-0.2, -0.15) is 9.64 Å². The van der Waals surface area contributed by atoms with E-state index in [1.54, 1.807) is 64.5 Å². The summed E-state index contributed by atoms with van der Waals surface area (Å²) >= 11 is 7.09. The first-order chi connectivity index (χ1) is 51.2. The molecule has 15 rings (SSSR count). The molecule has 2 atom stereocenters. The van der Waals surface area contributed by atoms with Gasteiger partial charge in [-0.25, -0.2) is 50.2 Å². The fourth-order valence-corrected chi connectivity index (χ4v) is 17.0. The van der Waals surface area contributed by atoms with Gasteiger partial charge in [-0.15, -0.1) is 0 Å². The number of carbonyl (C=O) groups excluding carboxylic acids is 3. The number of nitrogens with one attached hydrogen (secondary N) is 3. The van der Waals surface area contributed by atoms with Crippen molar-refractivity contribution in [1.82, 2.24) is 48.6 Å². The lowest BCUT2D eigenvalue weighted by Gasteiger charge is -2.40. The SMILES string of the molecule is CC(C(=O)N1CCN(c2ccc(S(=O)(=O)Nc3ccncn3)cc2)CC1)n1cc(C#N)c2ccccc21.C[C@H](C(=O)N1CCN(c2ccc(S(=O)(=O)Nc3ncns3)cc2)C(=O)C1)N1CCCc2cc(Cl)ccc21.O=S(=O)(Nc1ccncn1)c1ccc(N2CCN(Cc3cc4ccccc4o3)CC2)cc1.[HH].[HH].[HH].[HH]. The van der Waals surface area contributed by atoms with Crippen LogP contribution in [0.3, 0.4) is 0 Å². The summed E-state index contributed by atoms with van der Waals surface area (Å²) in [5.41, 5.74) is 6.94. The third-order valence-electron chi connectivity index (χ3n) is 18.7. The monoisotopic (exact) mass is 1530 g/mol. The molecule has 0 bridgehead atoms. The number of amides is 3. The van der Waals surface area contributed by atoms with Gasteiger partial charge in [0.25, 0.3) is 30.1 Å². The number of anilines is 7. The maximum atomic E-state index is 13.4. The van der Waals surface area contributed by atoms with E-state index < -0.39 is 42.2 Å². The highest BCUT2D eigenvalue weighted by Crippen LogP contribution is 2.34. The van der Waals surface area contributed by atoms with E-state index in [1.165, 1.54) is 55.6 Å². The van der Waals surface area contributed by atoms with Crippen molar-refractivity contribution in [2.24, 2.45) is 0 Å². The molecule has 0 saturated carbocycles. The van der Waals surface area contributed by atoms with E-state index in [9.17, 15) is 44.9 Å². The summed E-state index contributed by atoms with van der Waals surface area (Å²) in [5.74, 6) is 1.10. The Labute approximate surface area is 627 Å². The van der Waals surface area contributed by atoms with Crippen LogP contribution in [0.4, 0.5) is 39.5 Å². The molecule has 3 N–H and O–H groups in total. The molecule has 106 heavy (non-hydrogen) atoms. The van der Waals surface area contributed by atoms with E-state index in [-0.39, 0.29) is 61.4 Å². The minimum atomic E-state index is -3.82. The number of benzene rings is 6. The maximum absolute atomic E-state index is 13.4. The number of hydrogen-bond donors (Lipinski definition) is 3. The Kier molecular flexibility index (Phi) is 22.2. The first kappa shape index (κ1) is 73.2. The highest BCUT2D eigenvalue weighted by atomic mass is 35.5. The summed E-state index contributed by atoms with van der Waals surface area (Å²) in [6, 6.07) is 47.5. The number of aromatic nitrogens is 7. The summed E-state index contributed by atoms with van der Waals surface area (Å²) < 4.78 is 94.4. The van der Waals surface area contributed by atoms with Crippen LogP contribution in [0, 0.1) is 11.3 Å². The molecule has 11 aromatic rings. The summed E-state index contributed by atoms with van der Waals surface area (Å²) in [6.45, 7) is 11.8. The Balaban J connectivity index is 0.000000187. The van der Waals surface area contributed by atoms with E-state index in [2.05, 4.69) is 81.3 Å². The summed E-state index contributed by atoms with van der Waals surface area (Å²) in [4.78, 5) is 73.1. The molecular weight excluding hydrogens is 1450 g/mol. The molecule has 28 nitrogen and oxygen atoms in total. The highest BCUT2D eigenvalue weighted by molar-refractivity contribution is 7.93. The zero-order chi connectivity index (χ0) is 74.1. The Hall–Kier alpha value is -11.1. The molecule has 0 spiro atoms. The van der Waals surface area contributed by atoms with Crippen LogP contribution in [-0.4, -0.2) is 176 Å². The van der Waals surface area contributed by atoms with E-state index in [4.69, 9.17) is 16.0 Å². The lowest BCUT2D eigenvalue weighted by Crippen LogP contribution is -2.57. The molecule has 554 valence electrons. The third-order valence-corrected chi connectivity index (χ3v) is 23.8. The van der Waals surface area contributed by atoms with Crippen molar-refractivity contribution in [3.8, 4) is 6.07 Å². The summed E-state index contributed by atoms with van der Waals surface area (Å²) in [5, 5.41) is 12.3. The second-order valence-electron chi connectivity index (χ2n) is 25.4. The predicted octanol–water partition coefficient (Wildman–Crippen LogP) is 10.4. The molecule has 3 fully saturated rings. The average Bonchev–Trinajstić information content (AvgIpc) is 1.67. The number of rotatable bonds is 18. The number of halogens is 1. The van der Waals surface area contributed by atoms with Gasteiger partial charge in [-0.1, -0.05) is 48.0 Å². The van der Waals surface area contributed by atoms with Gasteiger partial charge < -0.3 is 38.4 Å². The molecule has 3 amide bonds. The predicted molar refractivity (Wildman–Crippen MR) is 414 cm³/mol. The van der Waals surface area contributed by atoms with Gasteiger partial charge in [0.2, 0.25) is 22.9 Å². The molecule has 5 aromatic heterocycles. The van der Waals surface area contributed by atoms with Crippen molar-refractivity contribution < 1.29 is 49.8 Å². The second-order valence-corrected chi connectivity index (χ2v) is 31.6. The van der Waals surface area contributed by atoms with Crippen molar-refractivity contribution in [3.05, 3.63) is 217 Å². The minimum absolute atomic E-state index is 0. The normalized spacial score (nSPS) is 15.7. The topological polar surface area (TPSA) is 332 Å². The van der Waals surface area contributed by atoms with E-state index >= 15 is 0 Å². The van der Waals surface area contributed by atoms with Gasteiger partial charge in [0.15, 0.2) is 0 Å². The molecule has 4 aliphatic rings. The van der Waals surface area contributed by atoms with Gasteiger partial charge in [-0.3, -0.25) is 33.4 Å².